The van der Waals surface area contributed by atoms with Crippen molar-refractivity contribution in [1.29, 1.82) is 0 Å². The summed E-state index contributed by atoms with van der Waals surface area (Å²) in [7, 11) is 1.37. The van der Waals surface area contributed by atoms with Gasteiger partial charge in [0.1, 0.15) is 5.76 Å². The fraction of sp³-hybridized carbons (Fsp3) is 0.538. The molecule has 0 bridgehead atoms. The molecular formula is C13H19NO5. The zero-order chi connectivity index (χ0) is 14.6. The van der Waals surface area contributed by atoms with Crippen LogP contribution in [0.25, 0.3) is 0 Å². The van der Waals surface area contributed by atoms with Gasteiger partial charge in [0.15, 0.2) is 11.3 Å². The van der Waals surface area contributed by atoms with Gasteiger partial charge in [0.05, 0.1) is 6.61 Å². The van der Waals surface area contributed by atoms with Gasteiger partial charge >= 0.3 is 5.97 Å². The molecular weight excluding hydrogens is 250 g/mol. The lowest BCUT2D eigenvalue weighted by Crippen LogP contribution is -2.55. The Bertz CT molecular complexity index is 479. The first kappa shape index (κ1) is 15.2. The van der Waals surface area contributed by atoms with Crippen LogP contribution in [0.3, 0.4) is 0 Å². The lowest BCUT2D eigenvalue weighted by atomic mass is 10.0. The summed E-state index contributed by atoms with van der Waals surface area (Å²) in [6, 6.07) is 1.60. The van der Waals surface area contributed by atoms with E-state index < -0.39 is 17.4 Å². The van der Waals surface area contributed by atoms with Gasteiger partial charge in [-0.05, 0) is 25.5 Å². The van der Waals surface area contributed by atoms with Crippen LogP contribution in [0.4, 0.5) is 0 Å². The highest BCUT2D eigenvalue weighted by Gasteiger charge is 2.36. The third-order valence-electron chi connectivity index (χ3n) is 2.86. The van der Waals surface area contributed by atoms with E-state index in [1.807, 2.05) is 13.8 Å². The van der Waals surface area contributed by atoms with Crippen molar-refractivity contribution in [3.63, 3.8) is 0 Å². The summed E-state index contributed by atoms with van der Waals surface area (Å²) in [5.74, 6) is -0.904. The van der Waals surface area contributed by atoms with Gasteiger partial charge in [-0.15, -0.1) is 0 Å². The van der Waals surface area contributed by atoms with Crippen LogP contribution in [-0.2, 0) is 16.0 Å². The zero-order valence-corrected chi connectivity index (χ0v) is 11.6. The van der Waals surface area contributed by atoms with E-state index in [2.05, 4.69) is 5.32 Å². The number of carboxylic acid groups (broad SMARTS) is 1. The number of carbonyl (C=O) groups is 2. The van der Waals surface area contributed by atoms with Crippen LogP contribution in [0.2, 0.25) is 0 Å². The molecule has 0 aliphatic carbocycles. The van der Waals surface area contributed by atoms with Crippen LogP contribution < -0.4 is 5.32 Å². The Morgan fingerprint density at radius 3 is 2.58 bits per heavy atom. The van der Waals surface area contributed by atoms with Crippen LogP contribution in [0.1, 0.15) is 35.7 Å². The Labute approximate surface area is 111 Å². The molecule has 0 saturated carbocycles. The summed E-state index contributed by atoms with van der Waals surface area (Å²) in [6.45, 7) is 5.01. The van der Waals surface area contributed by atoms with E-state index in [0.717, 1.165) is 5.56 Å². The van der Waals surface area contributed by atoms with Gasteiger partial charge in [0.2, 0.25) is 0 Å². The monoisotopic (exact) mass is 269 g/mol. The third-order valence-corrected chi connectivity index (χ3v) is 2.86. The molecule has 0 fully saturated rings. The third kappa shape index (κ3) is 3.35. The quantitative estimate of drug-likeness (QED) is 0.814. The minimum atomic E-state index is -1.49. The Kier molecular flexibility index (Phi) is 4.72. The Hall–Kier alpha value is -1.82. The van der Waals surface area contributed by atoms with E-state index in [-0.39, 0.29) is 12.4 Å². The number of nitrogens with one attached hydrogen (secondary N) is 1. The van der Waals surface area contributed by atoms with Crippen molar-refractivity contribution >= 4 is 11.9 Å². The van der Waals surface area contributed by atoms with Gasteiger partial charge in [0.25, 0.3) is 5.91 Å². The van der Waals surface area contributed by atoms with Crippen LogP contribution in [0.5, 0.6) is 0 Å². The summed E-state index contributed by atoms with van der Waals surface area (Å²) in [5, 5.41) is 11.6. The molecule has 6 nitrogen and oxygen atoms in total. The molecule has 1 amide bonds. The van der Waals surface area contributed by atoms with Crippen molar-refractivity contribution in [3.05, 3.63) is 23.2 Å². The molecule has 0 spiro atoms. The second kappa shape index (κ2) is 5.88. The van der Waals surface area contributed by atoms with Crippen molar-refractivity contribution in [3.8, 4) is 0 Å². The summed E-state index contributed by atoms with van der Waals surface area (Å²) >= 11 is 0. The smallest absolute Gasteiger partial charge is 0.331 e. The lowest BCUT2D eigenvalue weighted by molar-refractivity contribution is -0.145. The number of hydrogen-bond donors (Lipinski definition) is 2. The maximum atomic E-state index is 12.0. The molecule has 6 heteroatoms. The number of aliphatic carboxylic acids is 1. The van der Waals surface area contributed by atoms with Crippen molar-refractivity contribution in [2.24, 2.45) is 0 Å². The fourth-order valence-electron chi connectivity index (χ4n) is 1.73. The van der Waals surface area contributed by atoms with E-state index in [9.17, 15) is 9.59 Å². The van der Waals surface area contributed by atoms with Crippen LogP contribution in [0.15, 0.2) is 10.5 Å². The predicted molar refractivity (Wildman–Crippen MR) is 68.2 cm³/mol. The SMILES string of the molecule is CCc1oc(C(=O)NC(C)(COC)C(=O)O)cc1C. The molecule has 0 aliphatic heterocycles. The number of amides is 1. The van der Waals surface area contributed by atoms with Gasteiger partial charge < -0.3 is 19.6 Å². The number of carboxylic acids is 1. The second-order valence-corrected chi connectivity index (χ2v) is 4.59. The Balaban J connectivity index is 2.90. The fourth-order valence-corrected chi connectivity index (χ4v) is 1.73. The van der Waals surface area contributed by atoms with Crippen molar-refractivity contribution in [1.82, 2.24) is 5.32 Å². The molecule has 2 N–H and O–H groups in total. The highest BCUT2D eigenvalue weighted by molar-refractivity contribution is 5.96. The average molecular weight is 269 g/mol. The van der Waals surface area contributed by atoms with Gasteiger partial charge in [-0.1, -0.05) is 6.92 Å². The Morgan fingerprint density at radius 2 is 2.16 bits per heavy atom. The largest absolute Gasteiger partial charge is 0.479 e. The molecule has 1 aromatic rings. The van der Waals surface area contributed by atoms with Crippen molar-refractivity contribution in [2.75, 3.05) is 13.7 Å². The zero-order valence-electron chi connectivity index (χ0n) is 11.6. The average Bonchev–Trinajstić information content (AvgIpc) is 2.70. The number of ether oxygens (including phenoxy) is 1. The van der Waals surface area contributed by atoms with E-state index in [4.69, 9.17) is 14.3 Å². The van der Waals surface area contributed by atoms with E-state index in [1.165, 1.54) is 14.0 Å². The molecule has 1 aromatic heterocycles. The first-order valence-corrected chi connectivity index (χ1v) is 5.98. The van der Waals surface area contributed by atoms with Gasteiger partial charge in [0, 0.05) is 13.5 Å². The number of furan rings is 1. The number of hydrogen-bond acceptors (Lipinski definition) is 4. The number of rotatable bonds is 6. The molecule has 0 aromatic carbocycles. The minimum Gasteiger partial charge on any atom is -0.479 e. The van der Waals surface area contributed by atoms with Crippen LogP contribution >= 0.6 is 0 Å². The first-order valence-electron chi connectivity index (χ1n) is 5.98. The topological polar surface area (TPSA) is 88.8 Å². The van der Waals surface area contributed by atoms with E-state index in [0.29, 0.717) is 12.2 Å². The standard InChI is InChI=1S/C13H19NO5/c1-5-9-8(2)6-10(19-9)11(15)14-13(3,7-18-4)12(16)17/h6H,5,7H2,1-4H3,(H,14,15)(H,16,17). The van der Waals surface area contributed by atoms with Crippen LogP contribution in [0, 0.1) is 6.92 Å². The molecule has 1 atom stereocenters. The van der Waals surface area contributed by atoms with Gasteiger partial charge in [-0.25, -0.2) is 4.79 Å². The molecule has 1 unspecified atom stereocenters. The summed E-state index contributed by atoms with van der Waals surface area (Å²) < 4.78 is 10.2. The highest BCUT2D eigenvalue weighted by Crippen LogP contribution is 2.16. The molecule has 1 rings (SSSR count). The number of carbonyl (C=O) groups excluding carboxylic acids is 1. The maximum absolute atomic E-state index is 12.0. The molecule has 106 valence electrons. The molecule has 0 aliphatic rings. The maximum Gasteiger partial charge on any atom is 0.331 e. The number of aryl methyl sites for hydroxylation is 2. The van der Waals surface area contributed by atoms with E-state index in [1.54, 1.807) is 6.07 Å². The summed E-state index contributed by atoms with van der Waals surface area (Å²) in [5.41, 5.74) is -0.616. The first-order chi connectivity index (χ1) is 8.84. The predicted octanol–water partition coefficient (Wildman–Crippen LogP) is 1.37. The molecule has 19 heavy (non-hydrogen) atoms. The summed E-state index contributed by atoms with van der Waals surface area (Å²) in [6.07, 6.45) is 0.674. The molecule has 0 saturated heterocycles. The number of methoxy groups -OCH3 is 1. The Morgan fingerprint density at radius 1 is 1.53 bits per heavy atom. The van der Waals surface area contributed by atoms with Gasteiger partial charge in [-0.3, -0.25) is 4.79 Å². The van der Waals surface area contributed by atoms with Gasteiger partial charge in [-0.2, -0.15) is 0 Å². The second-order valence-electron chi connectivity index (χ2n) is 4.59. The van der Waals surface area contributed by atoms with Crippen molar-refractivity contribution < 1.29 is 23.8 Å². The molecule has 1 heterocycles. The minimum absolute atomic E-state index is 0.109. The lowest BCUT2D eigenvalue weighted by Gasteiger charge is -2.24. The van der Waals surface area contributed by atoms with Crippen LogP contribution in [-0.4, -0.2) is 36.2 Å². The molecule has 0 radical (unpaired) electrons. The van der Waals surface area contributed by atoms with E-state index >= 15 is 0 Å². The summed E-state index contributed by atoms with van der Waals surface area (Å²) in [4.78, 5) is 23.2. The highest BCUT2D eigenvalue weighted by atomic mass is 16.5. The van der Waals surface area contributed by atoms with Crippen molar-refractivity contribution in [2.45, 2.75) is 32.7 Å². The normalized spacial score (nSPS) is 13.9.